The number of aromatic nitrogens is 2. The smallest absolute Gasteiger partial charge is 0.321 e. The Hall–Kier alpha value is -3.72. The van der Waals surface area contributed by atoms with Gasteiger partial charge in [0.05, 0.1) is 6.10 Å². The molecule has 9 nitrogen and oxygen atoms in total. The number of hydrogen-bond acceptors (Lipinski definition) is 6. The number of benzene rings is 2. The predicted octanol–water partition coefficient (Wildman–Crippen LogP) is 3.66. The van der Waals surface area contributed by atoms with Crippen molar-refractivity contribution in [3.8, 4) is 11.5 Å². The van der Waals surface area contributed by atoms with Crippen molar-refractivity contribution in [2.45, 2.75) is 32.3 Å². The van der Waals surface area contributed by atoms with E-state index in [0.29, 0.717) is 36.8 Å². The van der Waals surface area contributed by atoms with Crippen molar-refractivity contribution in [3.63, 3.8) is 0 Å². The largest absolute Gasteiger partial charge is 0.376 e. The zero-order valence-electron chi connectivity index (χ0n) is 19.4. The minimum atomic E-state index is -0.202. The van der Waals surface area contributed by atoms with Crippen LogP contribution < -0.4 is 10.6 Å². The molecule has 3 aromatic rings. The van der Waals surface area contributed by atoms with Crippen LogP contribution in [0.25, 0.3) is 11.5 Å². The van der Waals surface area contributed by atoms with Crippen molar-refractivity contribution in [1.29, 1.82) is 0 Å². The van der Waals surface area contributed by atoms with Crippen LogP contribution in [0.1, 0.15) is 34.6 Å². The number of ether oxygens (including phenoxy) is 1. The van der Waals surface area contributed by atoms with Gasteiger partial charge in [-0.3, -0.25) is 4.79 Å². The molecule has 1 atom stereocenters. The lowest BCUT2D eigenvalue weighted by atomic mass is 10.1. The van der Waals surface area contributed by atoms with Gasteiger partial charge in [-0.15, -0.1) is 0 Å². The van der Waals surface area contributed by atoms with E-state index in [9.17, 15) is 9.59 Å². The van der Waals surface area contributed by atoms with Crippen LogP contribution in [0, 0.1) is 6.92 Å². The molecule has 0 bridgehead atoms. The third-order valence-electron chi connectivity index (χ3n) is 5.78. The Morgan fingerprint density at radius 1 is 1.15 bits per heavy atom. The maximum absolute atomic E-state index is 12.4. The summed E-state index contributed by atoms with van der Waals surface area (Å²) in [5.74, 6) is 0.734. The molecule has 9 heteroatoms. The number of aryl methyl sites for hydroxylation is 1. The molecule has 2 aromatic carbocycles. The number of amides is 3. The molecule has 178 valence electrons. The Morgan fingerprint density at radius 2 is 1.94 bits per heavy atom. The predicted molar refractivity (Wildman–Crippen MR) is 128 cm³/mol. The van der Waals surface area contributed by atoms with Crippen molar-refractivity contribution in [2.24, 2.45) is 0 Å². The molecule has 2 N–H and O–H groups in total. The topological polar surface area (TPSA) is 110 Å². The molecule has 0 spiro atoms. The van der Waals surface area contributed by atoms with E-state index < -0.39 is 0 Å². The van der Waals surface area contributed by atoms with E-state index >= 15 is 0 Å². The number of carbonyl (C=O) groups excluding carboxylic acids is 2. The molecule has 34 heavy (non-hydrogen) atoms. The SMILES string of the molecule is Cc1ccccc1NC(=O)N(C)CCc1noc(-c2ccc(C(=O)NCC3CCCO3)cc2)n1. The van der Waals surface area contributed by atoms with E-state index in [1.54, 1.807) is 36.2 Å². The number of anilines is 1. The molecule has 1 aliphatic rings. The highest BCUT2D eigenvalue weighted by Crippen LogP contribution is 2.19. The van der Waals surface area contributed by atoms with E-state index in [1.165, 1.54) is 0 Å². The number of nitrogens with zero attached hydrogens (tertiary/aromatic N) is 3. The molecule has 3 amide bonds. The Balaban J connectivity index is 1.27. The molecule has 4 rings (SSSR count). The van der Waals surface area contributed by atoms with Crippen molar-refractivity contribution < 1.29 is 18.8 Å². The van der Waals surface area contributed by atoms with Gasteiger partial charge in [0.15, 0.2) is 5.82 Å². The molecular weight excluding hydrogens is 434 g/mol. The van der Waals surface area contributed by atoms with Crippen LogP contribution in [0.15, 0.2) is 53.1 Å². The van der Waals surface area contributed by atoms with Crippen molar-refractivity contribution in [1.82, 2.24) is 20.4 Å². The van der Waals surface area contributed by atoms with E-state index in [1.807, 2.05) is 31.2 Å². The normalized spacial score (nSPS) is 15.2. The Kier molecular flexibility index (Phi) is 7.54. The summed E-state index contributed by atoms with van der Waals surface area (Å²) < 4.78 is 10.9. The third kappa shape index (κ3) is 5.99. The highest BCUT2D eigenvalue weighted by Gasteiger charge is 2.17. The number of likely N-dealkylation sites (N-methyl/N-ethyl adjacent to an activating group) is 1. The highest BCUT2D eigenvalue weighted by molar-refractivity contribution is 5.94. The van der Waals surface area contributed by atoms with Gasteiger partial charge in [0.25, 0.3) is 11.8 Å². The molecular formula is C25H29N5O4. The van der Waals surface area contributed by atoms with Gasteiger partial charge in [-0.25, -0.2) is 4.79 Å². The molecule has 1 unspecified atom stereocenters. The van der Waals surface area contributed by atoms with Gasteiger partial charge in [0.1, 0.15) is 0 Å². The first-order valence-corrected chi connectivity index (χ1v) is 11.4. The third-order valence-corrected chi connectivity index (χ3v) is 5.78. The highest BCUT2D eigenvalue weighted by atomic mass is 16.5. The minimum Gasteiger partial charge on any atom is -0.376 e. The maximum atomic E-state index is 12.4. The van der Waals surface area contributed by atoms with Crippen LogP contribution >= 0.6 is 0 Å². The first kappa shape index (κ1) is 23.4. The fraction of sp³-hybridized carbons (Fsp3) is 0.360. The van der Waals surface area contributed by atoms with Crippen molar-refractivity contribution >= 4 is 17.6 Å². The quantitative estimate of drug-likeness (QED) is 0.528. The molecule has 1 saturated heterocycles. The lowest BCUT2D eigenvalue weighted by Gasteiger charge is -2.18. The number of hydrogen-bond donors (Lipinski definition) is 2. The Morgan fingerprint density at radius 3 is 2.68 bits per heavy atom. The number of urea groups is 1. The number of carbonyl (C=O) groups is 2. The van der Waals surface area contributed by atoms with E-state index in [-0.39, 0.29) is 18.0 Å². The van der Waals surface area contributed by atoms with Crippen LogP contribution in [0.4, 0.5) is 10.5 Å². The maximum Gasteiger partial charge on any atom is 0.321 e. The number of nitrogens with one attached hydrogen (secondary N) is 2. The van der Waals surface area contributed by atoms with Gasteiger partial charge >= 0.3 is 6.03 Å². The average molecular weight is 464 g/mol. The monoisotopic (exact) mass is 463 g/mol. The second-order valence-electron chi connectivity index (χ2n) is 8.35. The van der Waals surface area contributed by atoms with Crippen LogP contribution in [0.3, 0.4) is 0 Å². The summed E-state index contributed by atoms with van der Waals surface area (Å²) in [5.41, 5.74) is 3.06. The van der Waals surface area contributed by atoms with Crippen LogP contribution in [0.5, 0.6) is 0 Å². The number of para-hydroxylation sites is 1. The Bertz CT molecular complexity index is 1120. The first-order valence-electron chi connectivity index (χ1n) is 11.4. The zero-order chi connectivity index (χ0) is 23.9. The molecule has 1 aromatic heterocycles. The fourth-order valence-electron chi connectivity index (χ4n) is 3.64. The van der Waals surface area contributed by atoms with Crippen molar-refractivity contribution in [2.75, 3.05) is 32.1 Å². The summed E-state index contributed by atoms with van der Waals surface area (Å²) in [5, 5.41) is 9.82. The minimum absolute atomic E-state index is 0.104. The lowest BCUT2D eigenvalue weighted by Crippen LogP contribution is -2.33. The van der Waals surface area contributed by atoms with E-state index in [0.717, 1.165) is 36.3 Å². The van der Waals surface area contributed by atoms with Gasteiger partial charge < -0.3 is 24.8 Å². The fourth-order valence-corrected chi connectivity index (χ4v) is 3.64. The molecule has 1 fully saturated rings. The average Bonchev–Trinajstić information content (AvgIpc) is 3.55. The summed E-state index contributed by atoms with van der Waals surface area (Å²) in [6, 6.07) is 14.4. The summed E-state index contributed by atoms with van der Waals surface area (Å²) in [7, 11) is 1.72. The van der Waals surface area contributed by atoms with Gasteiger partial charge in [-0.2, -0.15) is 4.98 Å². The number of rotatable bonds is 8. The van der Waals surface area contributed by atoms with E-state index in [4.69, 9.17) is 9.26 Å². The zero-order valence-corrected chi connectivity index (χ0v) is 19.4. The summed E-state index contributed by atoms with van der Waals surface area (Å²) in [6.45, 7) is 3.66. The second-order valence-corrected chi connectivity index (χ2v) is 8.35. The standard InChI is InChI=1S/C25H29N5O4/c1-17-6-3-4-8-21(17)27-25(32)30(2)14-13-22-28-24(34-29-22)19-11-9-18(10-12-19)23(31)26-16-20-7-5-15-33-20/h3-4,6,8-12,20H,5,7,13-16H2,1-2H3,(H,26,31)(H,27,32). The van der Waals surface area contributed by atoms with Crippen molar-refractivity contribution in [3.05, 3.63) is 65.5 Å². The van der Waals surface area contributed by atoms with Crippen LogP contribution in [-0.4, -0.2) is 59.8 Å². The molecule has 2 heterocycles. The summed E-state index contributed by atoms with van der Waals surface area (Å²) in [6.07, 6.45) is 2.57. The van der Waals surface area contributed by atoms with Gasteiger partial charge in [-0.05, 0) is 55.7 Å². The van der Waals surface area contributed by atoms with E-state index in [2.05, 4.69) is 20.8 Å². The van der Waals surface area contributed by atoms with Crippen LogP contribution in [0.2, 0.25) is 0 Å². The Labute approximate surface area is 198 Å². The molecule has 1 aliphatic heterocycles. The van der Waals surface area contributed by atoms with Gasteiger partial charge in [0, 0.05) is 50.0 Å². The molecule has 0 radical (unpaired) electrons. The van der Waals surface area contributed by atoms with Gasteiger partial charge in [0.2, 0.25) is 0 Å². The lowest BCUT2D eigenvalue weighted by molar-refractivity contribution is 0.0858. The second kappa shape index (κ2) is 10.9. The summed E-state index contributed by atoms with van der Waals surface area (Å²) >= 11 is 0. The summed E-state index contributed by atoms with van der Waals surface area (Å²) in [4.78, 5) is 30.8. The first-order chi connectivity index (χ1) is 16.5. The molecule has 0 aliphatic carbocycles. The van der Waals surface area contributed by atoms with Gasteiger partial charge in [-0.1, -0.05) is 23.4 Å². The van der Waals surface area contributed by atoms with Crippen LogP contribution in [-0.2, 0) is 11.2 Å². The molecule has 0 saturated carbocycles.